The molecule has 3 nitrogen and oxygen atoms in total. The molecular formula is C13H22N2OS. The second kappa shape index (κ2) is 6.47. The third kappa shape index (κ3) is 3.76. The predicted molar refractivity (Wildman–Crippen MR) is 73.0 cm³/mol. The molecule has 0 radical (unpaired) electrons. The van der Waals surface area contributed by atoms with E-state index in [0.717, 1.165) is 23.1 Å². The van der Waals surface area contributed by atoms with E-state index < -0.39 is 0 Å². The van der Waals surface area contributed by atoms with Crippen molar-refractivity contribution < 1.29 is 4.42 Å². The van der Waals surface area contributed by atoms with Gasteiger partial charge in [-0.05, 0) is 44.7 Å². The molecule has 0 aromatic carbocycles. The van der Waals surface area contributed by atoms with E-state index in [0.29, 0.717) is 6.54 Å². The lowest BCUT2D eigenvalue weighted by molar-refractivity contribution is 0.253. The van der Waals surface area contributed by atoms with Crippen LogP contribution >= 0.6 is 11.8 Å². The van der Waals surface area contributed by atoms with E-state index in [2.05, 4.69) is 17.2 Å². The molecule has 1 unspecified atom stereocenters. The van der Waals surface area contributed by atoms with Crippen LogP contribution < -0.4 is 5.73 Å². The van der Waals surface area contributed by atoms with Gasteiger partial charge >= 0.3 is 0 Å². The number of thioether (sulfide) groups is 1. The molecule has 0 saturated carbocycles. The zero-order valence-electron chi connectivity index (χ0n) is 10.5. The molecule has 4 heteroatoms. The van der Waals surface area contributed by atoms with E-state index in [1.807, 2.05) is 11.8 Å². The van der Waals surface area contributed by atoms with Gasteiger partial charge in [0.2, 0.25) is 0 Å². The monoisotopic (exact) mass is 254 g/mol. The average Bonchev–Trinajstić information content (AvgIpc) is 2.68. The number of hydrogen-bond acceptors (Lipinski definition) is 4. The van der Waals surface area contributed by atoms with Gasteiger partial charge in [-0.2, -0.15) is 11.8 Å². The van der Waals surface area contributed by atoms with Gasteiger partial charge < -0.3 is 10.2 Å². The molecule has 1 fully saturated rings. The van der Waals surface area contributed by atoms with Gasteiger partial charge in [-0.15, -0.1) is 0 Å². The first kappa shape index (κ1) is 13.0. The van der Waals surface area contributed by atoms with Gasteiger partial charge in [0, 0.05) is 17.4 Å². The van der Waals surface area contributed by atoms with Gasteiger partial charge in [0.1, 0.15) is 5.76 Å². The van der Waals surface area contributed by atoms with Crippen LogP contribution in [-0.4, -0.2) is 29.5 Å². The van der Waals surface area contributed by atoms with Crippen LogP contribution in [0.15, 0.2) is 16.7 Å². The van der Waals surface area contributed by atoms with E-state index in [4.69, 9.17) is 10.2 Å². The first-order valence-electron chi connectivity index (χ1n) is 6.33. The molecule has 2 N–H and O–H groups in total. The topological polar surface area (TPSA) is 42.4 Å². The Morgan fingerprint density at radius 3 is 3.06 bits per heavy atom. The van der Waals surface area contributed by atoms with E-state index in [-0.39, 0.29) is 0 Å². The lowest BCUT2D eigenvalue weighted by Gasteiger charge is -2.18. The summed E-state index contributed by atoms with van der Waals surface area (Å²) in [5.41, 5.74) is 6.68. The summed E-state index contributed by atoms with van der Waals surface area (Å²) in [6.45, 7) is 3.87. The van der Waals surface area contributed by atoms with Crippen LogP contribution in [0.5, 0.6) is 0 Å². The van der Waals surface area contributed by atoms with Gasteiger partial charge in [-0.25, -0.2) is 0 Å². The Labute approximate surface area is 108 Å². The van der Waals surface area contributed by atoms with Crippen molar-refractivity contribution in [2.45, 2.75) is 37.6 Å². The Balaban J connectivity index is 1.86. The summed E-state index contributed by atoms with van der Waals surface area (Å²) < 4.78 is 5.53. The van der Waals surface area contributed by atoms with Crippen molar-refractivity contribution in [3.63, 3.8) is 0 Å². The predicted octanol–water partition coefficient (Wildman–Crippen LogP) is 2.46. The SMILES string of the molecule is CSC1CCCN(Cc2cc(CN)co2)CC1. The largest absolute Gasteiger partial charge is 0.468 e. The molecule has 1 aliphatic heterocycles. The molecule has 0 bridgehead atoms. The van der Waals surface area contributed by atoms with E-state index in [1.54, 1.807) is 6.26 Å². The lowest BCUT2D eigenvalue weighted by atomic mass is 10.2. The van der Waals surface area contributed by atoms with Crippen molar-refractivity contribution in [1.29, 1.82) is 0 Å². The maximum absolute atomic E-state index is 5.58. The van der Waals surface area contributed by atoms with Crippen LogP contribution in [0.3, 0.4) is 0 Å². The minimum atomic E-state index is 0.568. The Morgan fingerprint density at radius 1 is 1.47 bits per heavy atom. The first-order valence-corrected chi connectivity index (χ1v) is 7.62. The second-order valence-electron chi connectivity index (χ2n) is 4.69. The van der Waals surface area contributed by atoms with Crippen LogP contribution in [0.2, 0.25) is 0 Å². The highest BCUT2D eigenvalue weighted by Crippen LogP contribution is 2.22. The molecular weight excluding hydrogens is 232 g/mol. The molecule has 2 heterocycles. The maximum Gasteiger partial charge on any atom is 0.118 e. The van der Waals surface area contributed by atoms with E-state index in [1.165, 1.54) is 32.4 Å². The summed E-state index contributed by atoms with van der Waals surface area (Å²) in [7, 11) is 0. The van der Waals surface area contributed by atoms with Gasteiger partial charge in [0.05, 0.1) is 12.8 Å². The third-order valence-electron chi connectivity index (χ3n) is 3.42. The van der Waals surface area contributed by atoms with Crippen molar-refractivity contribution in [3.8, 4) is 0 Å². The van der Waals surface area contributed by atoms with Crippen LogP contribution in [-0.2, 0) is 13.1 Å². The molecule has 96 valence electrons. The van der Waals surface area contributed by atoms with Crippen molar-refractivity contribution in [2.24, 2.45) is 5.73 Å². The normalized spacial score (nSPS) is 22.6. The third-order valence-corrected chi connectivity index (χ3v) is 4.56. The summed E-state index contributed by atoms with van der Waals surface area (Å²) >= 11 is 2.01. The molecule has 1 aliphatic rings. The molecule has 2 rings (SSSR count). The molecule has 0 aliphatic carbocycles. The van der Waals surface area contributed by atoms with Crippen LogP contribution in [0.4, 0.5) is 0 Å². The van der Waals surface area contributed by atoms with Crippen LogP contribution in [0.1, 0.15) is 30.6 Å². The number of hydrogen-bond donors (Lipinski definition) is 1. The highest BCUT2D eigenvalue weighted by Gasteiger charge is 2.17. The fraction of sp³-hybridized carbons (Fsp3) is 0.692. The summed E-state index contributed by atoms with van der Waals surface area (Å²) in [4.78, 5) is 2.50. The lowest BCUT2D eigenvalue weighted by Crippen LogP contribution is -2.24. The molecule has 17 heavy (non-hydrogen) atoms. The Bertz CT molecular complexity index is 340. The smallest absolute Gasteiger partial charge is 0.118 e. The van der Waals surface area contributed by atoms with E-state index in [9.17, 15) is 0 Å². The zero-order chi connectivity index (χ0) is 12.1. The van der Waals surface area contributed by atoms with Crippen molar-refractivity contribution in [2.75, 3.05) is 19.3 Å². The standard InChI is InChI=1S/C13H22N2OS/c1-17-13-3-2-5-15(6-4-13)9-12-7-11(8-14)10-16-12/h7,10,13H,2-6,8-9,14H2,1H3. The summed E-state index contributed by atoms with van der Waals surface area (Å²) in [5.74, 6) is 1.05. The van der Waals surface area contributed by atoms with Crippen molar-refractivity contribution >= 4 is 11.8 Å². The van der Waals surface area contributed by atoms with Gasteiger partial charge in [0.25, 0.3) is 0 Å². The maximum atomic E-state index is 5.58. The highest BCUT2D eigenvalue weighted by molar-refractivity contribution is 7.99. The number of nitrogens with two attached hydrogens (primary N) is 1. The van der Waals surface area contributed by atoms with Crippen LogP contribution in [0.25, 0.3) is 0 Å². The number of nitrogens with zero attached hydrogens (tertiary/aromatic N) is 1. The highest BCUT2D eigenvalue weighted by atomic mass is 32.2. The van der Waals surface area contributed by atoms with Crippen molar-refractivity contribution in [1.82, 2.24) is 4.90 Å². The zero-order valence-corrected chi connectivity index (χ0v) is 11.3. The fourth-order valence-electron chi connectivity index (χ4n) is 2.36. The minimum Gasteiger partial charge on any atom is -0.468 e. The Hall–Kier alpha value is -0.450. The van der Waals surface area contributed by atoms with Gasteiger partial charge in [0.15, 0.2) is 0 Å². The molecule has 1 saturated heterocycles. The molecule has 1 atom stereocenters. The number of rotatable bonds is 4. The molecule has 0 spiro atoms. The van der Waals surface area contributed by atoms with Crippen molar-refractivity contribution in [3.05, 3.63) is 23.7 Å². The van der Waals surface area contributed by atoms with Gasteiger partial charge in [-0.3, -0.25) is 4.90 Å². The minimum absolute atomic E-state index is 0.568. The quantitative estimate of drug-likeness (QED) is 0.896. The molecule has 1 aromatic rings. The Morgan fingerprint density at radius 2 is 2.35 bits per heavy atom. The summed E-state index contributed by atoms with van der Waals surface area (Å²) in [5, 5.41) is 0.844. The molecule has 1 aromatic heterocycles. The van der Waals surface area contributed by atoms with E-state index >= 15 is 0 Å². The fourth-order valence-corrected chi connectivity index (χ4v) is 3.10. The first-order chi connectivity index (χ1) is 8.31. The summed E-state index contributed by atoms with van der Waals surface area (Å²) in [6.07, 6.45) is 7.95. The average molecular weight is 254 g/mol. The van der Waals surface area contributed by atoms with Crippen LogP contribution in [0, 0.1) is 0 Å². The second-order valence-corrected chi connectivity index (χ2v) is 5.83. The van der Waals surface area contributed by atoms with Gasteiger partial charge in [-0.1, -0.05) is 0 Å². The molecule has 0 amide bonds. The Kier molecular flexibility index (Phi) is 4.95. The summed E-state index contributed by atoms with van der Waals surface area (Å²) in [6, 6.07) is 2.08. The number of furan rings is 1. The number of likely N-dealkylation sites (tertiary alicyclic amines) is 1.